The number of carbonyl (C=O) groups excluding carboxylic acids is 1. The minimum atomic E-state index is 0.0552. The number of amides is 1. The maximum atomic E-state index is 11.2. The average molecular weight is 239 g/mol. The molecule has 88 valence electrons. The number of aryl methyl sites for hydroxylation is 1. The standard InChI is InChI=1S/C12H17NO2S/c1-5-11(14)13-6-10-8(2)7-16-12(10)9(3)15-4/h7H,3,5-6H2,1-2,4H3,(H,13,14). The van der Waals surface area contributed by atoms with Gasteiger partial charge in [0.25, 0.3) is 0 Å². The lowest BCUT2D eigenvalue weighted by Gasteiger charge is -2.08. The van der Waals surface area contributed by atoms with Crippen molar-refractivity contribution in [2.24, 2.45) is 0 Å². The Balaban J connectivity index is 2.81. The predicted octanol–water partition coefficient (Wildman–Crippen LogP) is 2.70. The Labute approximate surface area is 100 Å². The molecule has 1 amide bonds. The fourth-order valence-electron chi connectivity index (χ4n) is 1.33. The molecule has 16 heavy (non-hydrogen) atoms. The Hall–Kier alpha value is -1.29. The van der Waals surface area contributed by atoms with Crippen molar-refractivity contribution in [2.45, 2.75) is 26.8 Å². The summed E-state index contributed by atoms with van der Waals surface area (Å²) in [4.78, 5) is 12.2. The van der Waals surface area contributed by atoms with Crippen molar-refractivity contribution in [3.8, 4) is 0 Å². The van der Waals surface area contributed by atoms with Gasteiger partial charge in [-0.15, -0.1) is 11.3 Å². The van der Waals surface area contributed by atoms with Crippen molar-refractivity contribution in [3.05, 3.63) is 28.0 Å². The number of hydrogen-bond donors (Lipinski definition) is 1. The van der Waals surface area contributed by atoms with Crippen molar-refractivity contribution >= 4 is 23.0 Å². The molecule has 0 aliphatic rings. The van der Waals surface area contributed by atoms with Crippen LogP contribution in [0.25, 0.3) is 5.76 Å². The lowest BCUT2D eigenvalue weighted by Crippen LogP contribution is -2.22. The second-order valence-electron chi connectivity index (χ2n) is 3.48. The van der Waals surface area contributed by atoms with Gasteiger partial charge in [0.1, 0.15) is 5.76 Å². The summed E-state index contributed by atoms with van der Waals surface area (Å²) >= 11 is 1.59. The second kappa shape index (κ2) is 5.70. The number of nitrogens with one attached hydrogen (secondary N) is 1. The van der Waals surface area contributed by atoms with Crippen LogP contribution >= 0.6 is 11.3 Å². The van der Waals surface area contributed by atoms with E-state index in [9.17, 15) is 4.79 Å². The molecule has 0 unspecified atom stereocenters. The molecule has 0 bridgehead atoms. The smallest absolute Gasteiger partial charge is 0.219 e. The van der Waals surface area contributed by atoms with Crippen molar-refractivity contribution in [1.82, 2.24) is 5.32 Å². The summed E-state index contributed by atoms with van der Waals surface area (Å²) in [6.07, 6.45) is 0.504. The molecular formula is C12H17NO2S. The summed E-state index contributed by atoms with van der Waals surface area (Å²) in [6.45, 7) is 8.24. The molecular weight excluding hydrogens is 222 g/mol. The van der Waals surface area contributed by atoms with Crippen molar-refractivity contribution in [1.29, 1.82) is 0 Å². The van der Waals surface area contributed by atoms with Crippen molar-refractivity contribution in [3.63, 3.8) is 0 Å². The molecule has 1 rings (SSSR count). The highest BCUT2D eigenvalue weighted by molar-refractivity contribution is 7.11. The molecule has 4 heteroatoms. The Bertz CT molecular complexity index is 396. The Morgan fingerprint density at radius 2 is 2.31 bits per heavy atom. The summed E-state index contributed by atoms with van der Waals surface area (Å²) in [6, 6.07) is 0. The van der Waals surface area contributed by atoms with E-state index < -0.39 is 0 Å². The van der Waals surface area contributed by atoms with Crippen LogP contribution < -0.4 is 5.32 Å². The van der Waals surface area contributed by atoms with Crippen LogP contribution in [0.15, 0.2) is 12.0 Å². The zero-order chi connectivity index (χ0) is 12.1. The molecule has 1 aromatic rings. The lowest BCUT2D eigenvalue weighted by atomic mass is 10.1. The van der Waals surface area contributed by atoms with Gasteiger partial charge in [0.2, 0.25) is 5.91 Å². The van der Waals surface area contributed by atoms with E-state index in [-0.39, 0.29) is 5.91 Å². The molecule has 0 aliphatic heterocycles. The first kappa shape index (κ1) is 12.8. The van der Waals surface area contributed by atoms with Gasteiger partial charge in [0.15, 0.2) is 0 Å². The number of thiophene rings is 1. The van der Waals surface area contributed by atoms with Gasteiger partial charge in [-0.3, -0.25) is 4.79 Å². The van der Waals surface area contributed by atoms with E-state index in [1.807, 2.05) is 19.2 Å². The first-order valence-corrected chi connectivity index (χ1v) is 6.05. The van der Waals surface area contributed by atoms with Crippen molar-refractivity contribution < 1.29 is 9.53 Å². The Morgan fingerprint density at radius 3 is 2.88 bits per heavy atom. The maximum absolute atomic E-state index is 11.2. The third-order valence-corrected chi connectivity index (χ3v) is 3.57. The molecule has 0 saturated heterocycles. The number of carbonyl (C=O) groups is 1. The van der Waals surface area contributed by atoms with E-state index >= 15 is 0 Å². The number of hydrogen-bond acceptors (Lipinski definition) is 3. The molecule has 0 saturated carbocycles. The zero-order valence-corrected chi connectivity index (χ0v) is 10.7. The van der Waals surface area contributed by atoms with Gasteiger partial charge in [0, 0.05) is 13.0 Å². The van der Waals surface area contributed by atoms with Crippen LogP contribution in [0.4, 0.5) is 0 Å². The summed E-state index contributed by atoms with van der Waals surface area (Å²) in [7, 11) is 1.60. The molecule has 1 N–H and O–H groups in total. The van der Waals surface area contributed by atoms with Crippen LogP contribution in [0.5, 0.6) is 0 Å². The van der Waals surface area contributed by atoms with Gasteiger partial charge < -0.3 is 10.1 Å². The topological polar surface area (TPSA) is 38.3 Å². The third kappa shape index (κ3) is 2.85. The monoisotopic (exact) mass is 239 g/mol. The van der Waals surface area contributed by atoms with E-state index in [2.05, 4.69) is 11.9 Å². The minimum absolute atomic E-state index is 0.0552. The number of rotatable bonds is 5. The van der Waals surface area contributed by atoms with E-state index in [0.29, 0.717) is 18.7 Å². The first-order chi connectivity index (χ1) is 7.60. The quantitative estimate of drug-likeness (QED) is 0.802. The fourth-order valence-corrected chi connectivity index (χ4v) is 2.35. The fraction of sp³-hybridized carbons (Fsp3) is 0.417. The van der Waals surface area contributed by atoms with E-state index in [0.717, 1.165) is 16.0 Å². The second-order valence-corrected chi connectivity index (χ2v) is 4.36. The largest absolute Gasteiger partial charge is 0.496 e. The van der Waals surface area contributed by atoms with E-state index in [4.69, 9.17) is 4.74 Å². The molecule has 0 spiro atoms. The summed E-state index contributed by atoms with van der Waals surface area (Å²) < 4.78 is 5.13. The van der Waals surface area contributed by atoms with Gasteiger partial charge in [-0.25, -0.2) is 0 Å². The van der Waals surface area contributed by atoms with Crippen LogP contribution in [0.2, 0.25) is 0 Å². The minimum Gasteiger partial charge on any atom is -0.496 e. The summed E-state index contributed by atoms with van der Waals surface area (Å²) in [5.74, 6) is 0.707. The number of ether oxygens (including phenoxy) is 1. The van der Waals surface area contributed by atoms with Gasteiger partial charge in [-0.1, -0.05) is 13.5 Å². The molecule has 1 heterocycles. The van der Waals surface area contributed by atoms with Gasteiger partial charge in [0.05, 0.1) is 12.0 Å². The normalized spacial score (nSPS) is 9.94. The maximum Gasteiger partial charge on any atom is 0.219 e. The van der Waals surface area contributed by atoms with Gasteiger partial charge >= 0.3 is 0 Å². The first-order valence-electron chi connectivity index (χ1n) is 5.17. The van der Waals surface area contributed by atoms with Crippen molar-refractivity contribution in [2.75, 3.05) is 7.11 Å². The van der Waals surface area contributed by atoms with Crippen LogP contribution in [0.1, 0.15) is 29.3 Å². The highest BCUT2D eigenvalue weighted by Crippen LogP contribution is 2.28. The predicted molar refractivity (Wildman–Crippen MR) is 67.2 cm³/mol. The zero-order valence-electron chi connectivity index (χ0n) is 9.92. The molecule has 0 fully saturated rings. The van der Waals surface area contributed by atoms with Crippen LogP contribution in [0, 0.1) is 6.92 Å². The highest BCUT2D eigenvalue weighted by Gasteiger charge is 2.12. The average Bonchev–Trinajstić information content (AvgIpc) is 2.66. The molecule has 3 nitrogen and oxygen atoms in total. The van der Waals surface area contributed by atoms with Gasteiger partial charge in [-0.05, 0) is 23.4 Å². The van der Waals surface area contributed by atoms with E-state index in [1.54, 1.807) is 18.4 Å². The molecule has 0 aliphatic carbocycles. The molecule has 1 aromatic heterocycles. The van der Waals surface area contributed by atoms with Gasteiger partial charge in [-0.2, -0.15) is 0 Å². The SMILES string of the molecule is C=C(OC)c1scc(C)c1CNC(=O)CC. The summed E-state index contributed by atoms with van der Waals surface area (Å²) in [5, 5.41) is 4.91. The van der Waals surface area contributed by atoms with Crippen LogP contribution in [0.3, 0.4) is 0 Å². The Morgan fingerprint density at radius 1 is 1.62 bits per heavy atom. The third-order valence-electron chi connectivity index (χ3n) is 2.39. The van der Waals surface area contributed by atoms with Crippen LogP contribution in [-0.4, -0.2) is 13.0 Å². The molecule has 0 aromatic carbocycles. The molecule has 0 atom stereocenters. The molecule has 0 radical (unpaired) electrons. The van der Waals surface area contributed by atoms with Crippen LogP contribution in [-0.2, 0) is 16.1 Å². The highest BCUT2D eigenvalue weighted by atomic mass is 32.1. The lowest BCUT2D eigenvalue weighted by molar-refractivity contribution is -0.120. The number of methoxy groups -OCH3 is 1. The summed E-state index contributed by atoms with van der Waals surface area (Å²) in [5.41, 5.74) is 2.26. The Kier molecular flexibility index (Phi) is 4.55. The van der Waals surface area contributed by atoms with E-state index in [1.165, 1.54) is 0 Å².